The Hall–Kier alpha value is -3.94. The molecule has 0 aliphatic heterocycles. The summed E-state index contributed by atoms with van der Waals surface area (Å²) in [5, 5.41) is 17.0. The minimum Gasteiger partial charge on any atom is -0.337 e. The van der Waals surface area contributed by atoms with Crippen LogP contribution >= 0.6 is 11.6 Å². The summed E-state index contributed by atoms with van der Waals surface area (Å²) < 4.78 is 25.8. The number of hydrogen-bond acceptors (Lipinski definition) is 9. The number of benzene rings is 2. The van der Waals surface area contributed by atoms with E-state index in [1.165, 1.54) is 6.20 Å². The number of para-hydroxylation sites is 2. The number of likely N-dealkylation sites (N-methyl/N-ethyl adjacent to an activating group) is 1. The smallest absolute Gasteiger partial charge is 0.239 e. The average molecular weight is 530 g/mol. The first-order chi connectivity index (χ1) is 17.1. The number of rotatable bonds is 9. The second kappa shape index (κ2) is 10.4. The van der Waals surface area contributed by atoms with E-state index in [-0.39, 0.29) is 29.2 Å². The second-order valence-corrected chi connectivity index (χ2v) is 10.3. The molecule has 0 saturated carbocycles. The van der Waals surface area contributed by atoms with Crippen molar-refractivity contribution in [2.75, 3.05) is 47.6 Å². The minimum absolute atomic E-state index is 0.168. The Morgan fingerprint density at radius 2 is 1.83 bits per heavy atom. The molecule has 0 fully saturated rings. The number of sulfonamides is 1. The lowest BCUT2D eigenvalue weighted by atomic mass is 10.2. The summed E-state index contributed by atoms with van der Waals surface area (Å²) in [6.45, 7) is 0.243. The molecule has 0 aliphatic rings. The molecule has 36 heavy (non-hydrogen) atoms. The minimum atomic E-state index is -3.48. The van der Waals surface area contributed by atoms with Crippen LogP contribution in [0.25, 0.3) is 10.9 Å². The lowest BCUT2D eigenvalue weighted by Gasteiger charge is -2.14. The highest BCUT2D eigenvalue weighted by molar-refractivity contribution is 7.92. The number of carbonyl (C=O) groups is 1. The summed E-state index contributed by atoms with van der Waals surface area (Å²) in [4.78, 5) is 22.5. The van der Waals surface area contributed by atoms with Crippen LogP contribution in [0.5, 0.6) is 0 Å². The molecule has 5 N–H and O–H groups in total. The van der Waals surface area contributed by atoms with Gasteiger partial charge in [0.05, 0.1) is 35.9 Å². The third kappa shape index (κ3) is 6.38. The van der Waals surface area contributed by atoms with Crippen molar-refractivity contribution < 1.29 is 13.2 Å². The van der Waals surface area contributed by atoms with Gasteiger partial charge >= 0.3 is 0 Å². The van der Waals surface area contributed by atoms with Crippen LogP contribution in [0.3, 0.4) is 0 Å². The first kappa shape index (κ1) is 25.2. The Balaban J connectivity index is 1.53. The molecule has 2 aromatic carbocycles. The van der Waals surface area contributed by atoms with E-state index < -0.39 is 10.0 Å². The van der Waals surface area contributed by atoms with Gasteiger partial charge in [0, 0.05) is 11.1 Å². The highest BCUT2D eigenvalue weighted by Gasteiger charge is 2.13. The number of anilines is 6. The number of nitrogens with one attached hydrogen (secondary N) is 5. The molecule has 1 amide bonds. The fraction of sp³-hybridized carbons (Fsp3) is 0.182. The molecule has 12 nitrogen and oxygen atoms in total. The number of aromatic amines is 1. The topological polar surface area (TPSA) is 157 Å². The van der Waals surface area contributed by atoms with E-state index in [1.807, 2.05) is 20.2 Å². The van der Waals surface area contributed by atoms with Crippen LogP contribution in [0.1, 0.15) is 0 Å². The highest BCUT2D eigenvalue weighted by Crippen LogP contribution is 2.30. The first-order valence-corrected chi connectivity index (χ1v) is 12.9. The molecule has 0 spiro atoms. The van der Waals surface area contributed by atoms with Gasteiger partial charge in [0.25, 0.3) is 0 Å². The summed E-state index contributed by atoms with van der Waals surface area (Å²) in [6.07, 6.45) is 2.50. The average Bonchev–Trinajstić information content (AvgIpc) is 3.17. The van der Waals surface area contributed by atoms with Gasteiger partial charge in [-0.3, -0.25) is 14.6 Å². The summed E-state index contributed by atoms with van der Waals surface area (Å²) in [6, 6.07) is 12.2. The largest absolute Gasteiger partial charge is 0.337 e. The van der Waals surface area contributed by atoms with E-state index in [1.54, 1.807) is 41.3 Å². The fourth-order valence-corrected chi connectivity index (χ4v) is 4.02. The van der Waals surface area contributed by atoms with Crippen molar-refractivity contribution in [1.29, 1.82) is 0 Å². The number of nitrogens with zero attached hydrogens (tertiary/aromatic N) is 4. The number of H-pyrrole nitrogens is 1. The van der Waals surface area contributed by atoms with Crippen LogP contribution in [0.4, 0.5) is 34.6 Å². The van der Waals surface area contributed by atoms with Gasteiger partial charge in [-0.25, -0.2) is 13.4 Å². The second-order valence-electron chi connectivity index (χ2n) is 8.18. The third-order valence-electron chi connectivity index (χ3n) is 4.76. The monoisotopic (exact) mass is 529 g/mol. The van der Waals surface area contributed by atoms with Gasteiger partial charge in [-0.15, -0.1) is 0 Å². The zero-order valence-electron chi connectivity index (χ0n) is 19.6. The van der Waals surface area contributed by atoms with E-state index in [9.17, 15) is 13.2 Å². The first-order valence-electron chi connectivity index (χ1n) is 10.6. The standard InChI is InChI=1S/C22H24ClN9O3S/c1-32(2)12-19(33)27-20-14-9-8-13(10-18(14)29-30-20)25-22-24-11-15(23)21(28-22)26-16-6-4-5-7-17(16)31-36(3,34)35/h4-11,31H,12H2,1-3H3,(H2,24,25,26,28)(H2,27,29,30,33). The number of carbonyl (C=O) groups excluding carboxylic acids is 1. The summed E-state index contributed by atoms with van der Waals surface area (Å²) >= 11 is 6.28. The van der Waals surface area contributed by atoms with Crippen molar-refractivity contribution >= 4 is 73.1 Å². The van der Waals surface area contributed by atoms with Gasteiger partial charge in [-0.05, 0) is 44.4 Å². The number of hydrogen-bond donors (Lipinski definition) is 5. The quantitative estimate of drug-likeness (QED) is 0.219. The number of aromatic nitrogens is 4. The lowest BCUT2D eigenvalue weighted by Crippen LogP contribution is -2.27. The molecule has 0 aliphatic carbocycles. The molecule has 188 valence electrons. The summed E-state index contributed by atoms with van der Waals surface area (Å²) in [5.41, 5.74) is 2.19. The highest BCUT2D eigenvalue weighted by atomic mass is 35.5. The molecule has 2 heterocycles. The number of fused-ring (bicyclic) bond motifs is 1. The van der Waals surface area contributed by atoms with Crippen molar-refractivity contribution in [1.82, 2.24) is 25.1 Å². The fourth-order valence-electron chi connectivity index (χ4n) is 3.30. The van der Waals surface area contributed by atoms with Crippen LogP contribution in [-0.2, 0) is 14.8 Å². The molecular formula is C22H24ClN9O3S. The molecule has 0 atom stereocenters. The Bertz CT molecular complexity index is 1520. The molecule has 2 aromatic heterocycles. The van der Waals surface area contributed by atoms with E-state index in [2.05, 4.69) is 40.8 Å². The van der Waals surface area contributed by atoms with Crippen molar-refractivity contribution in [2.45, 2.75) is 0 Å². The molecule has 0 unspecified atom stereocenters. The molecule has 4 rings (SSSR count). The van der Waals surface area contributed by atoms with Gasteiger partial charge in [0.1, 0.15) is 5.02 Å². The van der Waals surface area contributed by atoms with E-state index in [0.29, 0.717) is 28.4 Å². The maximum absolute atomic E-state index is 12.1. The zero-order valence-corrected chi connectivity index (χ0v) is 21.2. The van der Waals surface area contributed by atoms with E-state index in [0.717, 1.165) is 11.6 Å². The predicted octanol–water partition coefficient (Wildman–Crippen LogP) is 3.37. The lowest BCUT2D eigenvalue weighted by molar-refractivity contribution is -0.116. The van der Waals surface area contributed by atoms with Gasteiger partial charge in [-0.1, -0.05) is 23.7 Å². The molecule has 14 heteroatoms. The van der Waals surface area contributed by atoms with Gasteiger partial charge < -0.3 is 20.9 Å². The van der Waals surface area contributed by atoms with Gasteiger partial charge in [0.15, 0.2) is 11.6 Å². The maximum atomic E-state index is 12.1. The maximum Gasteiger partial charge on any atom is 0.239 e. The Morgan fingerprint density at radius 1 is 1.08 bits per heavy atom. The predicted molar refractivity (Wildman–Crippen MR) is 142 cm³/mol. The van der Waals surface area contributed by atoms with Gasteiger partial charge in [0.2, 0.25) is 21.9 Å². The SMILES string of the molecule is CN(C)CC(=O)Nc1n[nH]c2cc(Nc3ncc(Cl)c(Nc4ccccc4NS(C)(=O)=O)n3)ccc12. The van der Waals surface area contributed by atoms with E-state index >= 15 is 0 Å². The van der Waals surface area contributed by atoms with E-state index in [4.69, 9.17) is 11.6 Å². The van der Waals surface area contributed by atoms with Crippen molar-refractivity contribution in [3.63, 3.8) is 0 Å². The summed E-state index contributed by atoms with van der Waals surface area (Å²) in [5.74, 6) is 0.816. The molecule has 0 saturated heterocycles. The normalized spacial score (nSPS) is 11.5. The Morgan fingerprint density at radius 3 is 2.56 bits per heavy atom. The Labute approximate surface area is 212 Å². The molecule has 0 bridgehead atoms. The van der Waals surface area contributed by atoms with Crippen LogP contribution in [0.15, 0.2) is 48.7 Å². The number of halogens is 1. The molecular weight excluding hydrogens is 506 g/mol. The van der Waals surface area contributed by atoms with Crippen molar-refractivity contribution in [3.8, 4) is 0 Å². The Kier molecular flexibility index (Phi) is 7.24. The van der Waals surface area contributed by atoms with Crippen LogP contribution in [0.2, 0.25) is 5.02 Å². The van der Waals surface area contributed by atoms with Gasteiger partial charge in [-0.2, -0.15) is 10.1 Å². The molecule has 4 aromatic rings. The zero-order chi connectivity index (χ0) is 25.9. The van der Waals surface area contributed by atoms with Crippen LogP contribution in [0, 0.1) is 0 Å². The molecule has 0 radical (unpaired) electrons. The van der Waals surface area contributed by atoms with Crippen molar-refractivity contribution in [2.24, 2.45) is 0 Å². The summed E-state index contributed by atoms with van der Waals surface area (Å²) in [7, 11) is 0.141. The van der Waals surface area contributed by atoms with Crippen molar-refractivity contribution in [3.05, 3.63) is 53.7 Å². The van der Waals surface area contributed by atoms with Crippen LogP contribution < -0.4 is 20.7 Å². The number of amides is 1. The van der Waals surface area contributed by atoms with Crippen LogP contribution in [-0.4, -0.2) is 66.3 Å². The third-order valence-corrected chi connectivity index (χ3v) is 5.62.